The molecule has 0 spiro atoms. The fraction of sp³-hybridized carbons (Fsp3) is 0.238. The lowest BCUT2D eigenvalue weighted by molar-refractivity contribution is -0.113. The number of fused-ring (bicyclic) bond motifs is 1. The van der Waals surface area contributed by atoms with E-state index in [0.29, 0.717) is 21.3 Å². The highest BCUT2D eigenvalue weighted by Crippen LogP contribution is 2.27. The first kappa shape index (κ1) is 22.6. The van der Waals surface area contributed by atoms with Crippen molar-refractivity contribution >= 4 is 55.9 Å². The van der Waals surface area contributed by atoms with E-state index < -0.39 is 10.0 Å². The topological polar surface area (TPSA) is 79.4 Å². The maximum Gasteiger partial charge on any atom is 0.242 e. The van der Waals surface area contributed by atoms with Crippen molar-refractivity contribution in [2.75, 3.05) is 25.2 Å². The molecule has 9 heteroatoms. The molecule has 1 amide bonds. The number of carbonyl (C=O) groups excluding carboxylic acids is 1. The Kier molecular flexibility index (Phi) is 6.71. The van der Waals surface area contributed by atoms with Crippen molar-refractivity contribution in [3.63, 3.8) is 0 Å². The highest BCUT2D eigenvalue weighted by Gasteiger charge is 2.18. The van der Waals surface area contributed by atoms with Gasteiger partial charge in [-0.15, -0.1) is 0 Å². The number of nitrogens with one attached hydrogen (secondary N) is 1. The van der Waals surface area contributed by atoms with Crippen molar-refractivity contribution in [2.24, 2.45) is 0 Å². The van der Waals surface area contributed by atoms with Gasteiger partial charge < -0.3 is 5.32 Å². The number of thioether (sulfide) groups is 1. The van der Waals surface area contributed by atoms with Crippen LogP contribution >= 0.6 is 23.4 Å². The van der Waals surface area contributed by atoms with Gasteiger partial charge in [-0.1, -0.05) is 29.4 Å². The fourth-order valence-electron chi connectivity index (χ4n) is 2.79. The number of benzene rings is 2. The SMILES string of the molecule is Cc1ccc(NC(=O)CSc2cc(C)c3cc(S(=O)(=O)N(C)C)ccc3n2)cc1Cl. The Bertz CT molecular complexity index is 1230. The van der Waals surface area contributed by atoms with E-state index in [-0.39, 0.29) is 16.6 Å². The van der Waals surface area contributed by atoms with Crippen LogP contribution in [0.1, 0.15) is 11.1 Å². The first-order chi connectivity index (χ1) is 14.1. The van der Waals surface area contributed by atoms with Crippen LogP contribution in [0.15, 0.2) is 52.4 Å². The predicted octanol–water partition coefficient (Wildman–Crippen LogP) is 4.49. The summed E-state index contributed by atoms with van der Waals surface area (Å²) >= 11 is 7.41. The van der Waals surface area contributed by atoms with Crippen molar-refractivity contribution in [3.8, 4) is 0 Å². The van der Waals surface area contributed by atoms with E-state index in [1.165, 1.54) is 30.2 Å². The van der Waals surface area contributed by atoms with Gasteiger partial charge in [0.2, 0.25) is 15.9 Å². The molecule has 0 bridgehead atoms. The molecule has 0 saturated heterocycles. The largest absolute Gasteiger partial charge is 0.325 e. The third-order valence-electron chi connectivity index (χ3n) is 4.55. The molecular weight excluding hydrogens is 442 g/mol. The third kappa shape index (κ3) is 4.95. The van der Waals surface area contributed by atoms with Crippen LogP contribution in [0.5, 0.6) is 0 Å². The second kappa shape index (κ2) is 8.93. The molecule has 1 N–H and O–H groups in total. The number of aromatic nitrogens is 1. The molecule has 3 rings (SSSR count). The summed E-state index contributed by atoms with van der Waals surface area (Å²) in [5, 5.41) is 4.88. The highest BCUT2D eigenvalue weighted by molar-refractivity contribution is 7.99. The number of rotatable bonds is 6. The van der Waals surface area contributed by atoms with Gasteiger partial charge in [0.05, 0.1) is 21.2 Å². The smallest absolute Gasteiger partial charge is 0.242 e. The second-order valence-electron chi connectivity index (χ2n) is 7.04. The summed E-state index contributed by atoms with van der Waals surface area (Å²) < 4.78 is 25.9. The molecule has 0 radical (unpaired) electrons. The molecule has 0 fully saturated rings. The van der Waals surface area contributed by atoms with Crippen molar-refractivity contribution in [3.05, 3.63) is 58.6 Å². The Hall–Kier alpha value is -2.13. The molecule has 0 atom stereocenters. The standard InChI is InChI=1S/C21H22ClN3O3S2/c1-13-5-6-15(10-18(13)22)23-20(26)12-29-21-9-14(2)17-11-16(7-8-19(17)24-21)30(27,28)25(3)4/h5-11H,12H2,1-4H3,(H,23,26). The van der Waals surface area contributed by atoms with Crippen LogP contribution in [0.25, 0.3) is 10.9 Å². The minimum atomic E-state index is -3.51. The maximum atomic E-state index is 12.4. The summed E-state index contributed by atoms with van der Waals surface area (Å²) in [6.07, 6.45) is 0. The monoisotopic (exact) mass is 463 g/mol. The summed E-state index contributed by atoms with van der Waals surface area (Å²) in [5.74, 6) is 0.0307. The normalized spacial score (nSPS) is 11.8. The van der Waals surface area contributed by atoms with Crippen molar-refractivity contribution in [2.45, 2.75) is 23.8 Å². The molecule has 0 unspecified atom stereocenters. The average Bonchev–Trinajstić information content (AvgIpc) is 2.69. The molecule has 0 aliphatic carbocycles. The molecule has 2 aromatic carbocycles. The van der Waals surface area contributed by atoms with Crippen LogP contribution in [0.3, 0.4) is 0 Å². The van der Waals surface area contributed by atoms with Crippen molar-refractivity contribution in [1.82, 2.24) is 9.29 Å². The quantitative estimate of drug-likeness (QED) is 0.545. The van der Waals surface area contributed by atoms with Crippen LogP contribution in [0, 0.1) is 13.8 Å². The van der Waals surface area contributed by atoms with E-state index >= 15 is 0 Å². The molecule has 1 aromatic heterocycles. The van der Waals surface area contributed by atoms with Gasteiger partial charge in [0.25, 0.3) is 0 Å². The number of sulfonamides is 1. The molecule has 6 nitrogen and oxygen atoms in total. The molecule has 0 aliphatic heterocycles. The summed E-state index contributed by atoms with van der Waals surface area (Å²) in [6, 6.07) is 12.1. The minimum Gasteiger partial charge on any atom is -0.325 e. The first-order valence-electron chi connectivity index (χ1n) is 9.10. The van der Waals surface area contributed by atoms with Gasteiger partial charge in [0.15, 0.2) is 0 Å². The number of nitrogens with zero attached hydrogens (tertiary/aromatic N) is 2. The zero-order valence-corrected chi connectivity index (χ0v) is 19.5. The van der Waals surface area contributed by atoms with Gasteiger partial charge in [-0.05, 0) is 61.4 Å². The van der Waals surface area contributed by atoms with Gasteiger partial charge >= 0.3 is 0 Å². The van der Waals surface area contributed by atoms with Crippen LogP contribution in [-0.2, 0) is 14.8 Å². The van der Waals surface area contributed by atoms with Crippen LogP contribution in [-0.4, -0.2) is 43.5 Å². The predicted molar refractivity (Wildman–Crippen MR) is 123 cm³/mol. The molecular formula is C21H22ClN3O3S2. The number of pyridine rings is 1. The van der Waals surface area contributed by atoms with Gasteiger partial charge in [0.1, 0.15) is 0 Å². The Morgan fingerprint density at radius 1 is 1.10 bits per heavy atom. The first-order valence-corrected chi connectivity index (χ1v) is 11.9. The van der Waals surface area contributed by atoms with Crippen LogP contribution in [0.4, 0.5) is 5.69 Å². The second-order valence-corrected chi connectivity index (χ2v) is 10.6. The fourth-order valence-corrected chi connectivity index (χ4v) is 4.68. The summed E-state index contributed by atoms with van der Waals surface area (Å²) in [7, 11) is -0.514. The van der Waals surface area contributed by atoms with Crippen LogP contribution in [0.2, 0.25) is 5.02 Å². The van der Waals surface area contributed by atoms with E-state index in [4.69, 9.17) is 11.6 Å². The van der Waals surface area contributed by atoms with Gasteiger partial charge in [-0.2, -0.15) is 0 Å². The molecule has 158 valence electrons. The number of hydrogen-bond donors (Lipinski definition) is 1. The Labute approximate surface area is 185 Å². The van der Waals surface area contributed by atoms with Crippen molar-refractivity contribution in [1.29, 1.82) is 0 Å². The molecule has 30 heavy (non-hydrogen) atoms. The number of aryl methyl sites for hydroxylation is 2. The van der Waals surface area contributed by atoms with Gasteiger partial charge in [0, 0.05) is 30.2 Å². The van der Waals surface area contributed by atoms with E-state index in [9.17, 15) is 13.2 Å². The van der Waals surface area contributed by atoms with E-state index in [0.717, 1.165) is 16.5 Å². The number of carbonyl (C=O) groups is 1. The Morgan fingerprint density at radius 3 is 2.50 bits per heavy atom. The van der Waals surface area contributed by atoms with Crippen molar-refractivity contribution < 1.29 is 13.2 Å². The molecule has 0 saturated carbocycles. The lowest BCUT2D eigenvalue weighted by Gasteiger charge is -2.13. The van der Waals surface area contributed by atoms with E-state index in [2.05, 4.69) is 10.3 Å². The Morgan fingerprint density at radius 2 is 1.83 bits per heavy atom. The zero-order chi connectivity index (χ0) is 22.1. The average molecular weight is 464 g/mol. The van der Waals surface area contributed by atoms with E-state index in [1.54, 1.807) is 24.3 Å². The number of anilines is 1. The minimum absolute atomic E-state index is 0.160. The summed E-state index contributed by atoms with van der Waals surface area (Å²) in [6.45, 7) is 3.80. The Balaban J connectivity index is 1.75. The molecule has 0 aliphatic rings. The summed E-state index contributed by atoms with van der Waals surface area (Å²) in [4.78, 5) is 17.1. The van der Waals surface area contributed by atoms with E-state index in [1.807, 2.05) is 32.0 Å². The van der Waals surface area contributed by atoms with Crippen LogP contribution < -0.4 is 5.32 Å². The number of halogens is 1. The van der Waals surface area contributed by atoms with Gasteiger partial charge in [-0.3, -0.25) is 4.79 Å². The summed E-state index contributed by atoms with van der Waals surface area (Å²) in [5.41, 5.74) is 3.17. The molecule has 3 aromatic rings. The number of amides is 1. The molecule has 1 heterocycles. The van der Waals surface area contributed by atoms with Gasteiger partial charge in [-0.25, -0.2) is 17.7 Å². The zero-order valence-electron chi connectivity index (χ0n) is 17.1. The number of hydrogen-bond acceptors (Lipinski definition) is 5. The lowest BCUT2D eigenvalue weighted by atomic mass is 10.1. The maximum absolute atomic E-state index is 12.4. The highest BCUT2D eigenvalue weighted by atomic mass is 35.5. The lowest BCUT2D eigenvalue weighted by Crippen LogP contribution is -2.22. The third-order valence-corrected chi connectivity index (χ3v) is 7.68.